The van der Waals surface area contributed by atoms with E-state index in [1.165, 1.54) is 31.2 Å². The summed E-state index contributed by atoms with van der Waals surface area (Å²) in [5, 5.41) is 0. The average Bonchev–Trinajstić information content (AvgIpc) is 2.78. The zero-order valence-corrected chi connectivity index (χ0v) is 12.1. The first-order chi connectivity index (χ1) is 9.31. The van der Waals surface area contributed by atoms with Gasteiger partial charge in [0, 0.05) is 24.5 Å². The summed E-state index contributed by atoms with van der Waals surface area (Å²) in [7, 11) is 0. The minimum Gasteiger partial charge on any atom is -0.324 e. The van der Waals surface area contributed by atoms with Gasteiger partial charge in [-0.05, 0) is 24.8 Å². The molecule has 0 radical (unpaired) electrons. The van der Waals surface area contributed by atoms with Crippen LogP contribution < -0.4 is 0 Å². The third kappa shape index (κ3) is 2.36. The van der Waals surface area contributed by atoms with Gasteiger partial charge in [0.2, 0.25) is 0 Å². The minimum atomic E-state index is 0.569. The molecule has 3 nitrogen and oxygen atoms in total. The van der Waals surface area contributed by atoms with Gasteiger partial charge in [-0.3, -0.25) is 4.98 Å². The van der Waals surface area contributed by atoms with Gasteiger partial charge in [0.15, 0.2) is 0 Å². The van der Waals surface area contributed by atoms with Crippen LogP contribution in [0.5, 0.6) is 0 Å². The number of hydrogen-bond acceptors (Lipinski definition) is 2. The highest BCUT2D eigenvalue weighted by Crippen LogP contribution is 2.36. The Morgan fingerprint density at radius 2 is 2.21 bits per heavy atom. The van der Waals surface area contributed by atoms with Crippen molar-refractivity contribution in [3.05, 3.63) is 24.3 Å². The van der Waals surface area contributed by atoms with Crippen LogP contribution in [0, 0.1) is 5.92 Å². The van der Waals surface area contributed by atoms with E-state index in [1.54, 1.807) is 0 Å². The zero-order chi connectivity index (χ0) is 13.2. The number of rotatable bonds is 3. The molecule has 19 heavy (non-hydrogen) atoms. The van der Waals surface area contributed by atoms with E-state index < -0.39 is 0 Å². The number of aromatic nitrogens is 3. The molecule has 1 saturated carbocycles. The molecule has 0 aliphatic heterocycles. The van der Waals surface area contributed by atoms with Crippen LogP contribution in [-0.2, 0) is 6.42 Å². The first-order valence-corrected chi connectivity index (χ1v) is 7.71. The van der Waals surface area contributed by atoms with E-state index >= 15 is 0 Å². The van der Waals surface area contributed by atoms with Crippen LogP contribution in [0.3, 0.4) is 0 Å². The van der Waals surface area contributed by atoms with Gasteiger partial charge in [-0.1, -0.05) is 19.8 Å². The molecule has 4 heteroatoms. The summed E-state index contributed by atoms with van der Waals surface area (Å²) in [6.45, 7) is 2.36. The number of fused-ring (bicyclic) bond motifs is 1. The predicted octanol–water partition coefficient (Wildman–Crippen LogP) is 3.96. The Hall–Kier alpha value is -1.09. The Morgan fingerprint density at radius 1 is 1.37 bits per heavy atom. The fourth-order valence-corrected chi connectivity index (χ4v) is 3.48. The first kappa shape index (κ1) is 12.9. The van der Waals surface area contributed by atoms with Gasteiger partial charge >= 0.3 is 0 Å². The van der Waals surface area contributed by atoms with Gasteiger partial charge in [-0.2, -0.15) is 0 Å². The largest absolute Gasteiger partial charge is 0.324 e. The fourth-order valence-electron chi connectivity index (χ4n) is 3.31. The Labute approximate surface area is 119 Å². The molecule has 2 aromatic rings. The lowest BCUT2D eigenvalue weighted by molar-refractivity contribution is 0.257. The molecular formula is C15H20ClN3. The third-order valence-electron chi connectivity index (χ3n) is 4.28. The van der Waals surface area contributed by atoms with E-state index in [1.807, 2.05) is 12.4 Å². The molecule has 0 N–H and O–H groups in total. The summed E-state index contributed by atoms with van der Waals surface area (Å²) in [4.78, 5) is 8.91. The molecule has 1 fully saturated rings. The lowest BCUT2D eigenvalue weighted by Crippen LogP contribution is -2.23. The van der Waals surface area contributed by atoms with Gasteiger partial charge in [0.25, 0.3) is 0 Å². The second-order valence-electron chi connectivity index (χ2n) is 5.53. The molecule has 1 aliphatic carbocycles. The maximum atomic E-state index is 5.94. The second-order valence-corrected chi connectivity index (χ2v) is 5.91. The van der Waals surface area contributed by atoms with E-state index in [0.29, 0.717) is 17.8 Å². The van der Waals surface area contributed by atoms with Crippen molar-refractivity contribution in [2.75, 3.05) is 5.88 Å². The van der Waals surface area contributed by atoms with Crippen LogP contribution in [0.25, 0.3) is 11.0 Å². The molecule has 2 unspecified atom stereocenters. The summed E-state index contributed by atoms with van der Waals surface area (Å²) in [6, 6.07) is 2.65. The Balaban J connectivity index is 2.10. The highest BCUT2D eigenvalue weighted by Gasteiger charge is 2.26. The maximum Gasteiger partial charge on any atom is 0.111 e. The summed E-state index contributed by atoms with van der Waals surface area (Å²) >= 11 is 5.94. The van der Waals surface area contributed by atoms with Gasteiger partial charge in [0.1, 0.15) is 11.3 Å². The van der Waals surface area contributed by atoms with E-state index in [0.717, 1.165) is 17.8 Å². The quantitative estimate of drug-likeness (QED) is 0.795. The molecule has 2 aromatic heterocycles. The van der Waals surface area contributed by atoms with Crippen molar-refractivity contribution < 1.29 is 0 Å². The second kappa shape index (κ2) is 5.49. The van der Waals surface area contributed by atoms with E-state index in [-0.39, 0.29) is 0 Å². The lowest BCUT2D eigenvalue weighted by Gasteiger charge is -2.31. The number of nitrogens with zero attached hydrogens (tertiary/aromatic N) is 3. The van der Waals surface area contributed by atoms with Crippen molar-refractivity contribution in [2.45, 2.75) is 45.1 Å². The van der Waals surface area contributed by atoms with Crippen LogP contribution >= 0.6 is 11.6 Å². The van der Waals surface area contributed by atoms with Crippen LogP contribution in [0.4, 0.5) is 0 Å². The Kier molecular flexibility index (Phi) is 3.74. The molecule has 0 spiro atoms. The molecular weight excluding hydrogens is 258 g/mol. The number of hydrogen-bond donors (Lipinski definition) is 0. The fraction of sp³-hybridized carbons (Fsp3) is 0.600. The number of aryl methyl sites for hydroxylation is 1. The zero-order valence-electron chi connectivity index (χ0n) is 11.3. The van der Waals surface area contributed by atoms with Crippen LogP contribution in [0.2, 0.25) is 0 Å². The molecule has 3 rings (SSSR count). The number of halogens is 1. The highest BCUT2D eigenvalue weighted by molar-refractivity contribution is 6.17. The van der Waals surface area contributed by atoms with Crippen LogP contribution in [-0.4, -0.2) is 20.4 Å². The minimum absolute atomic E-state index is 0.569. The summed E-state index contributed by atoms with van der Waals surface area (Å²) in [5.41, 5.74) is 2.22. The van der Waals surface area contributed by atoms with E-state index in [2.05, 4.69) is 22.5 Å². The van der Waals surface area contributed by atoms with Gasteiger partial charge in [-0.15, -0.1) is 11.6 Å². The van der Waals surface area contributed by atoms with Crippen molar-refractivity contribution in [3.63, 3.8) is 0 Å². The SMILES string of the molecule is CC1CCCCC1n1c(CCCl)nc2cnccc21. The normalized spacial score (nSPS) is 23.9. The van der Waals surface area contributed by atoms with Crippen molar-refractivity contribution in [2.24, 2.45) is 5.92 Å². The topological polar surface area (TPSA) is 30.7 Å². The van der Waals surface area contributed by atoms with Gasteiger partial charge < -0.3 is 4.57 Å². The summed E-state index contributed by atoms with van der Waals surface area (Å²) in [6.07, 6.45) is 9.80. The van der Waals surface area contributed by atoms with Crippen molar-refractivity contribution in [3.8, 4) is 0 Å². The number of pyridine rings is 1. The average molecular weight is 278 g/mol. The monoisotopic (exact) mass is 277 g/mol. The summed E-state index contributed by atoms with van der Waals surface area (Å²) in [5.74, 6) is 2.46. The van der Waals surface area contributed by atoms with Crippen molar-refractivity contribution in [1.82, 2.24) is 14.5 Å². The highest BCUT2D eigenvalue weighted by atomic mass is 35.5. The van der Waals surface area contributed by atoms with E-state index in [9.17, 15) is 0 Å². The number of imidazole rings is 1. The Morgan fingerprint density at radius 3 is 3.00 bits per heavy atom. The van der Waals surface area contributed by atoms with Gasteiger partial charge in [0.05, 0.1) is 11.7 Å². The molecule has 0 saturated heterocycles. The third-order valence-corrected chi connectivity index (χ3v) is 4.47. The molecule has 2 heterocycles. The Bertz CT molecular complexity index is 564. The van der Waals surface area contributed by atoms with Gasteiger partial charge in [-0.25, -0.2) is 4.98 Å². The maximum absolute atomic E-state index is 5.94. The molecule has 1 aliphatic rings. The van der Waals surface area contributed by atoms with Crippen molar-refractivity contribution in [1.29, 1.82) is 0 Å². The van der Waals surface area contributed by atoms with Crippen molar-refractivity contribution >= 4 is 22.6 Å². The molecule has 102 valence electrons. The molecule has 0 bridgehead atoms. The smallest absolute Gasteiger partial charge is 0.111 e. The lowest BCUT2D eigenvalue weighted by atomic mass is 9.85. The van der Waals surface area contributed by atoms with Crippen LogP contribution in [0.15, 0.2) is 18.5 Å². The van der Waals surface area contributed by atoms with E-state index in [4.69, 9.17) is 16.6 Å². The van der Waals surface area contributed by atoms with Crippen LogP contribution in [0.1, 0.15) is 44.5 Å². The summed E-state index contributed by atoms with van der Waals surface area (Å²) < 4.78 is 2.43. The standard InChI is InChI=1S/C15H20ClN3/c1-11-4-2-3-5-13(11)19-14-7-9-17-10-12(14)18-15(19)6-8-16/h7,9-11,13H,2-6,8H2,1H3. The predicted molar refractivity (Wildman–Crippen MR) is 78.6 cm³/mol. The molecule has 0 amide bonds. The molecule has 2 atom stereocenters. The number of alkyl halides is 1. The first-order valence-electron chi connectivity index (χ1n) is 7.18. The molecule has 0 aromatic carbocycles.